The molecule has 0 atom stereocenters. The van der Waals surface area contributed by atoms with Gasteiger partial charge < -0.3 is 4.74 Å². The molecule has 0 unspecified atom stereocenters. The van der Waals surface area contributed by atoms with Crippen LogP contribution in [-0.4, -0.2) is 12.1 Å². The Labute approximate surface area is 107 Å². The maximum atomic E-state index is 11.9. The molecular weight excluding hydrogens is 226 g/mol. The van der Waals surface area contributed by atoms with Gasteiger partial charge in [-0.25, -0.2) is 4.79 Å². The van der Waals surface area contributed by atoms with Crippen molar-refractivity contribution in [3.63, 3.8) is 0 Å². The molecule has 3 heteroatoms. The van der Waals surface area contributed by atoms with Crippen molar-refractivity contribution in [1.82, 2.24) is 0 Å². The molecule has 0 amide bonds. The molecule has 18 heavy (non-hydrogen) atoms. The molecule has 1 aliphatic carbocycles. The van der Waals surface area contributed by atoms with Gasteiger partial charge in [-0.15, -0.1) is 0 Å². The van der Waals surface area contributed by atoms with Gasteiger partial charge in [-0.1, -0.05) is 6.92 Å². The van der Waals surface area contributed by atoms with E-state index in [4.69, 9.17) is 10.00 Å². The van der Waals surface area contributed by atoms with Crippen LogP contribution in [0.25, 0.3) is 0 Å². The Morgan fingerprint density at radius 1 is 1.22 bits per heavy atom. The first-order valence-corrected chi connectivity index (χ1v) is 6.40. The number of carbonyl (C=O) groups is 1. The average molecular weight is 243 g/mol. The molecule has 1 fully saturated rings. The molecule has 0 aliphatic heterocycles. The second-order valence-corrected chi connectivity index (χ2v) is 4.98. The van der Waals surface area contributed by atoms with E-state index in [9.17, 15) is 4.79 Å². The lowest BCUT2D eigenvalue weighted by Crippen LogP contribution is -2.23. The molecule has 2 rings (SSSR count). The fourth-order valence-corrected chi connectivity index (χ4v) is 2.25. The molecular formula is C15H17NO2. The molecule has 94 valence electrons. The van der Waals surface area contributed by atoms with Gasteiger partial charge in [0.15, 0.2) is 0 Å². The van der Waals surface area contributed by atoms with E-state index >= 15 is 0 Å². The molecule has 0 radical (unpaired) electrons. The highest BCUT2D eigenvalue weighted by Gasteiger charge is 2.21. The second-order valence-electron chi connectivity index (χ2n) is 4.98. The minimum Gasteiger partial charge on any atom is -0.459 e. The zero-order valence-corrected chi connectivity index (χ0v) is 10.6. The van der Waals surface area contributed by atoms with Crippen LogP contribution in [0.3, 0.4) is 0 Å². The maximum Gasteiger partial charge on any atom is 0.338 e. The number of rotatable bonds is 2. The Morgan fingerprint density at radius 3 is 2.39 bits per heavy atom. The minimum atomic E-state index is -0.279. The van der Waals surface area contributed by atoms with Crippen molar-refractivity contribution in [3.8, 4) is 6.07 Å². The fraction of sp³-hybridized carbons (Fsp3) is 0.467. The van der Waals surface area contributed by atoms with Crippen molar-refractivity contribution in [3.05, 3.63) is 35.4 Å². The molecule has 0 saturated heterocycles. The van der Waals surface area contributed by atoms with E-state index in [0.29, 0.717) is 11.1 Å². The number of nitriles is 1. The third-order valence-electron chi connectivity index (χ3n) is 3.49. The van der Waals surface area contributed by atoms with Crippen molar-refractivity contribution < 1.29 is 9.53 Å². The molecule has 0 bridgehead atoms. The van der Waals surface area contributed by atoms with Gasteiger partial charge in [0.05, 0.1) is 17.2 Å². The molecule has 0 aromatic heterocycles. The summed E-state index contributed by atoms with van der Waals surface area (Å²) in [7, 11) is 0. The monoisotopic (exact) mass is 243 g/mol. The van der Waals surface area contributed by atoms with Crippen LogP contribution in [0, 0.1) is 17.2 Å². The summed E-state index contributed by atoms with van der Waals surface area (Å²) in [6.45, 7) is 2.23. The Balaban J connectivity index is 1.93. The van der Waals surface area contributed by atoms with E-state index in [1.54, 1.807) is 24.3 Å². The molecule has 0 spiro atoms. The molecule has 0 heterocycles. The largest absolute Gasteiger partial charge is 0.459 e. The number of esters is 1. The third kappa shape index (κ3) is 3.10. The second kappa shape index (κ2) is 5.68. The smallest absolute Gasteiger partial charge is 0.338 e. The van der Waals surface area contributed by atoms with E-state index in [-0.39, 0.29) is 12.1 Å². The third-order valence-corrected chi connectivity index (χ3v) is 3.49. The highest BCUT2D eigenvalue weighted by Crippen LogP contribution is 2.26. The first-order chi connectivity index (χ1) is 8.69. The number of carbonyl (C=O) groups excluding carboxylic acids is 1. The van der Waals surface area contributed by atoms with Gasteiger partial charge in [-0.3, -0.25) is 0 Å². The van der Waals surface area contributed by atoms with Gasteiger partial charge in [0, 0.05) is 0 Å². The number of benzene rings is 1. The Kier molecular flexibility index (Phi) is 3.99. The lowest BCUT2D eigenvalue weighted by atomic mass is 9.89. The highest BCUT2D eigenvalue weighted by atomic mass is 16.5. The van der Waals surface area contributed by atoms with Gasteiger partial charge >= 0.3 is 5.97 Å². The molecule has 1 aliphatic rings. The van der Waals surface area contributed by atoms with E-state index in [1.807, 2.05) is 6.07 Å². The lowest BCUT2D eigenvalue weighted by Gasteiger charge is -2.25. The topological polar surface area (TPSA) is 50.1 Å². The Hall–Kier alpha value is -1.82. The van der Waals surface area contributed by atoms with Gasteiger partial charge in [0.1, 0.15) is 6.10 Å². The highest BCUT2D eigenvalue weighted by molar-refractivity contribution is 5.89. The Bertz CT molecular complexity index is 450. The van der Waals surface area contributed by atoms with E-state index in [1.165, 1.54) is 0 Å². The number of ether oxygens (including phenoxy) is 1. The summed E-state index contributed by atoms with van der Waals surface area (Å²) in [6.07, 6.45) is 4.24. The van der Waals surface area contributed by atoms with Crippen molar-refractivity contribution in [2.75, 3.05) is 0 Å². The predicted molar refractivity (Wildman–Crippen MR) is 68.0 cm³/mol. The van der Waals surface area contributed by atoms with Crippen LogP contribution in [0.5, 0.6) is 0 Å². The van der Waals surface area contributed by atoms with Gasteiger partial charge in [-0.05, 0) is 55.9 Å². The zero-order chi connectivity index (χ0) is 13.0. The summed E-state index contributed by atoms with van der Waals surface area (Å²) in [5, 5.41) is 8.69. The maximum absolute atomic E-state index is 11.9. The summed E-state index contributed by atoms with van der Waals surface area (Å²) < 4.78 is 5.48. The lowest BCUT2D eigenvalue weighted by molar-refractivity contribution is 0.0174. The normalized spacial score (nSPS) is 23.1. The van der Waals surface area contributed by atoms with Crippen molar-refractivity contribution in [2.24, 2.45) is 5.92 Å². The number of hydrogen-bond donors (Lipinski definition) is 0. The van der Waals surface area contributed by atoms with Crippen molar-refractivity contribution >= 4 is 5.97 Å². The van der Waals surface area contributed by atoms with Crippen LogP contribution >= 0.6 is 0 Å². The van der Waals surface area contributed by atoms with E-state index in [2.05, 4.69) is 6.92 Å². The van der Waals surface area contributed by atoms with Crippen LogP contribution in [-0.2, 0) is 4.74 Å². The van der Waals surface area contributed by atoms with E-state index < -0.39 is 0 Å². The zero-order valence-electron chi connectivity index (χ0n) is 10.6. The summed E-state index contributed by atoms with van der Waals surface area (Å²) in [4.78, 5) is 11.9. The minimum absolute atomic E-state index is 0.0596. The van der Waals surface area contributed by atoms with Gasteiger partial charge in [0.25, 0.3) is 0 Å². The van der Waals surface area contributed by atoms with Crippen molar-refractivity contribution in [2.45, 2.75) is 38.7 Å². The molecule has 1 saturated carbocycles. The molecule has 3 nitrogen and oxygen atoms in total. The molecule has 1 aromatic carbocycles. The van der Waals surface area contributed by atoms with Crippen molar-refractivity contribution in [1.29, 1.82) is 5.26 Å². The average Bonchev–Trinajstić information content (AvgIpc) is 2.41. The summed E-state index contributed by atoms with van der Waals surface area (Å²) in [5.74, 6) is 0.467. The van der Waals surface area contributed by atoms with Gasteiger partial charge in [0.2, 0.25) is 0 Å². The van der Waals surface area contributed by atoms with Crippen LogP contribution in [0.2, 0.25) is 0 Å². The Morgan fingerprint density at radius 2 is 1.83 bits per heavy atom. The van der Waals surface area contributed by atoms with Crippen LogP contribution in [0.15, 0.2) is 24.3 Å². The standard InChI is InChI=1S/C15H17NO2/c1-11-2-8-14(9-3-11)18-15(17)13-6-4-12(10-16)5-7-13/h4-7,11,14H,2-3,8-9H2,1H3. The quantitative estimate of drug-likeness (QED) is 0.749. The molecule has 0 N–H and O–H groups in total. The van der Waals surface area contributed by atoms with Gasteiger partial charge in [-0.2, -0.15) is 5.26 Å². The number of hydrogen-bond acceptors (Lipinski definition) is 3. The van der Waals surface area contributed by atoms with E-state index in [0.717, 1.165) is 31.6 Å². The van der Waals surface area contributed by atoms with Crippen LogP contribution in [0.1, 0.15) is 48.5 Å². The fourth-order valence-electron chi connectivity index (χ4n) is 2.25. The summed E-state index contributed by atoms with van der Waals surface area (Å²) in [5.41, 5.74) is 1.07. The summed E-state index contributed by atoms with van der Waals surface area (Å²) in [6, 6.07) is 8.59. The van der Waals surface area contributed by atoms with Crippen LogP contribution in [0.4, 0.5) is 0 Å². The predicted octanol–water partition coefficient (Wildman–Crippen LogP) is 3.29. The summed E-state index contributed by atoms with van der Waals surface area (Å²) >= 11 is 0. The molecule has 1 aromatic rings. The number of nitrogens with zero attached hydrogens (tertiary/aromatic N) is 1. The first kappa shape index (κ1) is 12.6. The SMILES string of the molecule is CC1CCC(OC(=O)c2ccc(C#N)cc2)CC1. The first-order valence-electron chi connectivity index (χ1n) is 6.40. The van der Waals surface area contributed by atoms with Crippen LogP contribution < -0.4 is 0 Å².